The van der Waals surface area contributed by atoms with E-state index >= 15 is 0 Å². The third kappa shape index (κ3) is 6.20. The van der Waals surface area contributed by atoms with E-state index in [4.69, 9.17) is 18.9 Å². The van der Waals surface area contributed by atoms with Crippen LogP contribution in [0.4, 0.5) is 5.69 Å². The van der Waals surface area contributed by atoms with Crippen LogP contribution in [0.15, 0.2) is 60.2 Å². The van der Waals surface area contributed by atoms with E-state index in [2.05, 4.69) is 91.0 Å². The van der Waals surface area contributed by atoms with Gasteiger partial charge in [-0.2, -0.15) is 11.8 Å². The molecule has 1 N–H and O–H groups in total. The van der Waals surface area contributed by atoms with Gasteiger partial charge in [0, 0.05) is 62.1 Å². The topological polar surface area (TPSA) is 52.2 Å². The van der Waals surface area contributed by atoms with Gasteiger partial charge in [0.1, 0.15) is 12.5 Å². The summed E-state index contributed by atoms with van der Waals surface area (Å²) in [7, 11) is 0.579. The number of hydrogen-bond acceptors (Lipinski definition) is 7. The Bertz CT molecular complexity index is 1270. The molecule has 43 heavy (non-hydrogen) atoms. The Morgan fingerprint density at radius 3 is 2.65 bits per heavy atom. The van der Waals surface area contributed by atoms with E-state index in [-0.39, 0.29) is 5.41 Å². The first-order chi connectivity index (χ1) is 20.8. The highest BCUT2D eigenvalue weighted by Gasteiger charge is 2.69. The van der Waals surface area contributed by atoms with Crippen molar-refractivity contribution in [2.24, 2.45) is 11.8 Å². The summed E-state index contributed by atoms with van der Waals surface area (Å²) in [6.45, 7) is 14.8. The summed E-state index contributed by atoms with van der Waals surface area (Å²) in [5, 5.41) is 4.65. The van der Waals surface area contributed by atoms with Crippen LogP contribution in [0, 0.1) is 11.8 Å². The minimum atomic E-state index is -1.12. The highest BCUT2D eigenvalue weighted by atomic mass is 32.2. The van der Waals surface area contributed by atoms with Crippen molar-refractivity contribution in [3.8, 4) is 5.75 Å². The van der Waals surface area contributed by atoms with Crippen LogP contribution >= 0.6 is 11.8 Å². The Kier molecular flexibility index (Phi) is 9.62. The molecule has 4 aliphatic rings. The zero-order valence-corrected chi connectivity index (χ0v) is 28.5. The van der Waals surface area contributed by atoms with Crippen LogP contribution in [0.2, 0.25) is 25.7 Å². The third-order valence-corrected chi connectivity index (χ3v) is 13.1. The first kappa shape index (κ1) is 31.2. The molecule has 0 radical (unpaired) electrons. The van der Waals surface area contributed by atoms with Crippen molar-refractivity contribution >= 4 is 25.5 Å². The zero-order valence-electron chi connectivity index (χ0n) is 26.6. The van der Waals surface area contributed by atoms with Gasteiger partial charge in [-0.3, -0.25) is 4.90 Å². The monoisotopic (exact) mass is 622 g/mol. The van der Waals surface area contributed by atoms with Gasteiger partial charge >= 0.3 is 0 Å². The molecule has 6 nitrogen and oxygen atoms in total. The summed E-state index contributed by atoms with van der Waals surface area (Å²) >= 11 is 2.16. The lowest BCUT2D eigenvalue weighted by atomic mass is 9.55. The second-order valence-electron chi connectivity index (χ2n) is 13.8. The fourth-order valence-corrected chi connectivity index (χ4v) is 10.3. The Labute approximate surface area is 263 Å². The number of thioether (sulfide) groups is 1. The molecule has 2 saturated heterocycles. The van der Waals surface area contributed by atoms with Crippen LogP contribution in [-0.2, 0) is 26.2 Å². The van der Waals surface area contributed by atoms with Crippen molar-refractivity contribution < 1.29 is 18.9 Å². The number of piperidine rings is 1. The number of methoxy groups -OCH3 is 1. The molecular formula is C35H50N2O4SSi. The molecule has 0 aromatic heterocycles. The van der Waals surface area contributed by atoms with Crippen LogP contribution < -0.4 is 10.1 Å². The number of fused-ring (bicyclic) bond motifs is 2. The molecule has 3 heterocycles. The third-order valence-electron chi connectivity index (χ3n) is 10.2. The lowest BCUT2D eigenvalue weighted by Crippen LogP contribution is -2.64. The molecule has 3 aliphatic heterocycles. The second-order valence-corrected chi connectivity index (χ2v) is 20.9. The summed E-state index contributed by atoms with van der Waals surface area (Å²) in [6.07, 6.45) is 3.57. The Morgan fingerprint density at radius 1 is 1.07 bits per heavy atom. The SMILES string of the molecule is CCS[C@@H]1CN2C/C(=C/COCc3ccc(OC)cc3)[C@@H]3C[C@H]2C12c1ccccc1N[C@H]2[C@H]3COCOCC[Si](C)(C)C. The quantitative estimate of drug-likeness (QED) is 0.110. The minimum Gasteiger partial charge on any atom is -0.497 e. The molecule has 6 atom stereocenters. The Balaban J connectivity index is 1.22. The number of benzene rings is 2. The minimum absolute atomic E-state index is 0.108. The molecule has 1 saturated carbocycles. The smallest absolute Gasteiger partial charge is 0.146 e. The maximum Gasteiger partial charge on any atom is 0.146 e. The number of ether oxygens (including phenoxy) is 4. The van der Waals surface area contributed by atoms with Crippen LogP contribution in [0.1, 0.15) is 24.5 Å². The van der Waals surface area contributed by atoms with Gasteiger partial charge in [-0.05, 0) is 53.5 Å². The fraction of sp³-hybridized carbons (Fsp3) is 0.600. The Hall–Kier alpha value is -1.81. The van der Waals surface area contributed by atoms with Gasteiger partial charge < -0.3 is 24.3 Å². The van der Waals surface area contributed by atoms with Crippen molar-refractivity contribution in [2.45, 2.75) is 68.4 Å². The molecule has 234 valence electrons. The highest BCUT2D eigenvalue weighted by Crippen LogP contribution is 2.63. The van der Waals surface area contributed by atoms with E-state index in [1.54, 1.807) is 7.11 Å². The summed E-state index contributed by atoms with van der Waals surface area (Å²) in [5.74, 6) is 2.85. The number of para-hydroxylation sites is 1. The van der Waals surface area contributed by atoms with Crippen LogP contribution in [0.25, 0.3) is 0 Å². The lowest BCUT2D eigenvalue weighted by molar-refractivity contribution is -0.0797. The van der Waals surface area contributed by atoms with Gasteiger partial charge in [0.15, 0.2) is 0 Å². The molecule has 6 rings (SSSR count). The van der Waals surface area contributed by atoms with Crippen LogP contribution in [0.5, 0.6) is 5.75 Å². The molecular weight excluding hydrogens is 573 g/mol. The molecule has 3 fully saturated rings. The van der Waals surface area contributed by atoms with Crippen molar-refractivity contribution in [2.75, 3.05) is 57.9 Å². The average molecular weight is 623 g/mol. The first-order valence-electron chi connectivity index (χ1n) is 16.1. The molecule has 0 amide bonds. The van der Waals surface area contributed by atoms with Crippen LogP contribution in [-0.4, -0.2) is 82.9 Å². The van der Waals surface area contributed by atoms with E-state index < -0.39 is 8.07 Å². The molecule has 1 unspecified atom stereocenters. The van der Waals surface area contributed by atoms with Gasteiger partial charge in [-0.25, -0.2) is 0 Å². The van der Waals surface area contributed by atoms with Crippen LogP contribution in [0.3, 0.4) is 0 Å². The van der Waals surface area contributed by atoms with Gasteiger partial charge in [0.2, 0.25) is 0 Å². The normalized spacial score (nSPS) is 30.3. The molecule has 2 aromatic rings. The number of rotatable bonds is 14. The van der Waals surface area contributed by atoms with Gasteiger partial charge in [0.05, 0.1) is 26.9 Å². The van der Waals surface area contributed by atoms with E-state index in [1.165, 1.54) is 29.3 Å². The summed E-state index contributed by atoms with van der Waals surface area (Å²) in [6, 6.07) is 19.3. The van der Waals surface area contributed by atoms with E-state index in [9.17, 15) is 0 Å². The number of nitrogens with one attached hydrogen (secondary N) is 1. The lowest BCUT2D eigenvalue weighted by Gasteiger charge is -2.56. The van der Waals surface area contributed by atoms with Crippen molar-refractivity contribution in [3.63, 3.8) is 0 Å². The van der Waals surface area contributed by atoms with E-state index in [1.807, 2.05) is 12.1 Å². The van der Waals surface area contributed by atoms with E-state index in [0.717, 1.165) is 36.8 Å². The predicted molar refractivity (Wildman–Crippen MR) is 180 cm³/mol. The van der Waals surface area contributed by atoms with Gasteiger partial charge in [-0.15, -0.1) is 0 Å². The number of hydrogen-bond donors (Lipinski definition) is 1. The standard InChI is InChI=1S/C35H50N2O4SSi/c1-6-42-33-21-37-20-26(15-16-39-22-25-11-13-27(38-2)14-12-25)28-19-32(37)35(33)30-9-7-8-10-31(30)36-34(35)29(28)23-41-24-40-17-18-43(3,4)5/h7-15,28-29,32-34,36H,6,16-24H2,1-5H3/b26-15-/t28-,29-,32-,33+,34-,35?/m0/s1. The van der Waals surface area contributed by atoms with Crippen molar-refractivity contribution in [1.82, 2.24) is 4.90 Å². The largest absolute Gasteiger partial charge is 0.497 e. The maximum absolute atomic E-state index is 6.40. The second kappa shape index (κ2) is 13.3. The fourth-order valence-electron chi connectivity index (χ4n) is 8.18. The highest BCUT2D eigenvalue weighted by molar-refractivity contribution is 8.00. The summed E-state index contributed by atoms with van der Waals surface area (Å²) < 4.78 is 23.9. The predicted octanol–water partition coefficient (Wildman–Crippen LogP) is 6.65. The van der Waals surface area contributed by atoms with Gasteiger partial charge in [-0.1, -0.05) is 68.5 Å². The Morgan fingerprint density at radius 2 is 1.88 bits per heavy atom. The van der Waals surface area contributed by atoms with Crippen molar-refractivity contribution in [1.29, 1.82) is 0 Å². The zero-order chi connectivity index (χ0) is 30.0. The van der Waals surface area contributed by atoms with Gasteiger partial charge in [0.25, 0.3) is 0 Å². The average Bonchev–Trinajstić information content (AvgIpc) is 3.52. The number of nitrogens with zero attached hydrogens (tertiary/aromatic N) is 1. The first-order valence-corrected chi connectivity index (χ1v) is 20.9. The summed E-state index contributed by atoms with van der Waals surface area (Å²) in [5.41, 5.74) is 5.65. The molecule has 8 heteroatoms. The summed E-state index contributed by atoms with van der Waals surface area (Å²) in [4.78, 5) is 2.80. The molecule has 2 bridgehead atoms. The van der Waals surface area contributed by atoms with Crippen molar-refractivity contribution in [3.05, 3.63) is 71.3 Å². The van der Waals surface area contributed by atoms with E-state index in [0.29, 0.717) is 55.8 Å². The molecule has 1 aliphatic carbocycles. The molecule has 2 aromatic carbocycles. The number of anilines is 1. The molecule has 1 spiro atoms. The maximum atomic E-state index is 6.40.